The molecule has 0 unspecified atom stereocenters. The number of carbonyl (C=O) groups excluding carboxylic acids is 2. The highest BCUT2D eigenvalue weighted by molar-refractivity contribution is 9.10. The number of anilines is 1. The van der Waals surface area contributed by atoms with Crippen molar-refractivity contribution in [2.75, 3.05) is 18.0 Å². The van der Waals surface area contributed by atoms with E-state index in [1.54, 1.807) is 24.3 Å². The van der Waals surface area contributed by atoms with Crippen LogP contribution in [0.15, 0.2) is 106 Å². The van der Waals surface area contributed by atoms with Gasteiger partial charge in [0, 0.05) is 23.5 Å². The van der Waals surface area contributed by atoms with E-state index in [4.69, 9.17) is 16.3 Å². The zero-order chi connectivity index (χ0) is 34.1. The Labute approximate surface area is 290 Å². The molecular formula is C36H39BrClN3O5S. The van der Waals surface area contributed by atoms with Gasteiger partial charge in [0.1, 0.15) is 18.3 Å². The number of carbonyl (C=O) groups is 2. The van der Waals surface area contributed by atoms with Crippen LogP contribution in [0.3, 0.4) is 0 Å². The lowest BCUT2D eigenvalue weighted by Crippen LogP contribution is -2.54. The van der Waals surface area contributed by atoms with Gasteiger partial charge in [-0.1, -0.05) is 94.6 Å². The van der Waals surface area contributed by atoms with E-state index in [1.807, 2.05) is 75.4 Å². The second-order valence-electron chi connectivity index (χ2n) is 11.3. The van der Waals surface area contributed by atoms with Gasteiger partial charge in [-0.25, -0.2) is 8.42 Å². The van der Waals surface area contributed by atoms with Gasteiger partial charge in [0.2, 0.25) is 11.8 Å². The Morgan fingerprint density at radius 2 is 1.60 bits per heavy atom. The number of halogens is 2. The fourth-order valence-electron chi connectivity index (χ4n) is 4.96. The Morgan fingerprint density at radius 1 is 0.936 bits per heavy atom. The van der Waals surface area contributed by atoms with E-state index in [0.717, 1.165) is 25.5 Å². The first-order valence-corrected chi connectivity index (χ1v) is 17.8. The van der Waals surface area contributed by atoms with Crippen LogP contribution in [-0.2, 0) is 32.6 Å². The molecule has 2 amide bonds. The molecular weight excluding hydrogens is 702 g/mol. The summed E-state index contributed by atoms with van der Waals surface area (Å²) in [6.45, 7) is 5.21. The minimum Gasteiger partial charge on any atom is -0.495 e. The fraction of sp³-hybridized carbons (Fsp3) is 0.278. The number of hydrogen-bond acceptors (Lipinski definition) is 5. The number of nitrogens with zero attached hydrogens (tertiary/aromatic N) is 2. The van der Waals surface area contributed by atoms with E-state index in [-0.39, 0.29) is 40.5 Å². The Balaban J connectivity index is 1.83. The van der Waals surface area contributed by atoms with E-state index < -0.39 is 28.5 Å². The van der Waals surface area contributed by atoms with Gasteiger partial charge >= 0.3 is 0 Å². The maximum absolute atomic E-state index is 14.6. The summed E-state index contributed by atoms with van der Waals surface area (Å²) in [5.74, 6) is -0.527. The number of amides is 2. The zero-order valence-electron chi connectivity index (χ0n) is 26.8. The average molecular weight is 741 g/mol. The standard InChI is InChI=1S/C36H39BrClN3O5S/c1-5-26(3)39-36(43)33(21-27-9-7-6-8-10-27)40(23-28-13-15-29(37)16-14-28)35(42)24-41(30-17-20-34(46-4)32(38)22-30)47(44,45)31-18-11-25(2)12-19-31/h6-20,22,26,33H,5,21,23-24H2,1-4H3,(H,39,43)/t26-,33+/m0/s1. The third-order valence-corrected chi connectivity index (χ3v) is 10.5. The molecule has 0 radical (unpaired) electrons. The van der Waals surface area contributed by atoms with Crippen LogP contribution in [0.5, 0.6) is 5.75 Å². The summed E-state index contributed by atoms with van der Waals surface area (Å²) < 4.78 is 35.7. The minimum absolute atomic E-state index is 0.0117. The van der Waals surface area contributed by atoms with Crippen LogP contribution in [-0.4, -0.2) is 50.9 Å². The zero-order valence-corrected chi connectivity index (χ0v) is 30.0. The fourth-order valence-corrected chi connectivity index (χ4v) is 6.88. The first-order chi connectivity index (χ1) is 22.4. The van der Waals surface area contributed by atoms with Gasteiger partial charge in [-0.05, 0) is 73.9 Å². The van der Waals surface area contributed by atoms with Crippen LogP contribution in [0.25, 0.3) is 0 Å². The summed E-state index contributed by atoms with van der Waals surface area (Å²) in [5.41, 5.74) is 2.70. The topological polar surface area (TPSA) is 96.0 Å². The summed E-state index contributed by atoms with van der Waals surface area (Å²) in [6, 6.07) is 26.8. The number of nitrogens with one attached hydrogen (secondary N) is 1. The summed E-state index contributed by atoms with van der Waals surface area (Å²) in [6.07, 6.45) is 0.926. The van der Waals surface area contributed by atoms with E-state index in [2.05, 4.69) is 21.2 Å². The largest absolute Gasteiger partial charge is 0.495 e. The van der Waals surface area contributed by atoms with E-state index >= 15 is 0 Å². The normalized spacial score (nSPS) is 12.6. The molecule has 0 heterocycles. The van der Waals surface area contributed by atoms with Crippen LogP contribution >= 0.6 is 27.5 Å². The van der Waals surface area contributed by atoms with Crippen molar-refractivity contribution in [3.63, 3.8) is 0 Å². The molecule has 0 aliphatic carbocycles. The van der Waals surface area contributed by atoms with Crippen LogP contribution in [0.2, 0.25) is 5.02 Å². The molecule has 2 atom stereocenters. The number of rotatable bonds is 14. The number of sulfonamides is 1. The van der Waals surface area contributed by atoms with Gasteiger partial charge in [-0.3, -0.25) is 13.9 Å². The molecule has 0 saturated carbocycles. The van der Waals surface area contributed by atoms with Crippen molar-refractivity contribution in [1.82, 2.24) is 10.2 Å². The van der Waals surface area contributed by atoms with Crippen molar-refractivity contribution in [3.8, 4) is 5.75 Å². The molecule has 47 heavy (non-hydrogen) atoms. The summed E-state index contributed by atoms with van der Waals surface area (Å²) in [7, 11) is -2.80. The monoisotopic (exact) mass is 739 g/mol. The second-order valence-corrected chi connectivity index (χ2v) is 14.5. The van der Waals surface area contributed by atoms with Gasteiger partial charge in [-0.2, -0.15) is 0 Å². The molecule has 0 fully saturated rings. The molecule has 0 aliphatic heterocycles. The number of aryl methyl sites for hydroxylation is 1. The molecule has 0 aliphatic rings. The summed E-state index contributed by atoms with van der Waals surface area (Å²) in [5, 5.41) is 3.23. The van der Waals surface area contributed by atoms with Crippen molar-refractivity contribution >= 4 is 55.1 Å². The maximum Gasteiger partial charge on any atom is 0.264 e. The van der Waals surface area contributed by atoms with Crippen LogP contribution in [0, 0.1) is 6.92 Å². The smallest absolute Gasteiger partial charge is 0.264 e. The van der Waals surface area contributed by atoms with Gasteiger partial charge in [0.25, 0.3) is 10.0 Å². The number of benzene rings is 4. The SMILES string of the molecule is CC[C@H](C)NC(=O)[C@@H](Cc1ccccc1)N(Cc1ccc(Br)cc1)C(=O)CN(c1ccc(OC)c(Cl)c1)S(=O)(=O)c1ccc(C)cc1. The highest BCUT2D eigenvalue weighted by Gasteiger charge is 2.35. The predicted octanol–water partition coefficient (Wildman–Crippen LogP) is 7.17. The number of methoxy groups -OCH3 is 1. The third-order valence-electron chi connectivity index (χ3n) is 7.85. The lowest BCUT2D eigenvalue weighted by atomic mass is 10.0. The molecule has 248 valence electrons. The molecule has 11 heteroatoms. The van der Waals surface area contributed by atoms with Gasteiger partial charge in [-0.15, -0.1) is 0 Å². The Hall–Kier alpha value is -3.86. The highest BCUT2D eigenvalue weighted by atomic mass is 79.9. The van der Waals surface area contributed by atoms with Gasteiger partial charge < -0.3 is 15.0 Å². The summed E-state index contributed by atoms with van der Waals surface area (Å²) in [4.78, 5) is 30.0. The average Bonchev–Trinajstić information content (AvgIpc) is 3.06. The quantitative estimate of drug-likeness (QED) is 0.148. The molecule has 8 nitrogen and oxygen atoms in total. The maximum atomic E-state index is 14.6. The molecule has 0 aromatic heterocycles. The lowest BCUT2D eigenvalue weighted by Gasteiger charge is -2.34. The van der Waals surface area contributed by atoms with Crippen molar-refractivity contribution in [3.05, 3.63) is 123 Å². The van der Waals surface area contributed by atoms with Crippen molar-refractivity contribution in [2.45, 2.75) is 57.1 Å². The molecule has 0 saturated heterocycles. The number of ether oxygens (including phenoxy) is 1. The first kappa shape index (κ1) is 36.0. The van der Waals surface area contributed by atoms with Crippen LogP contribution < -0.4 is 14.4 Å². The van der Waals surface area contributed by atoms with Crippen LogP contribution in [0.4, 0.5) is 5.69 Å². The van der Waals surface area contributed by atoms with Crippen molar-refractivity contribution in [1.29, 1.82) is 0 Å². The Kier molecular flexibility index (Phi) is 12.5. The Bertz CT molecular complexity index is 1770. The second kappa shape index (κ2) is 16.3. The molecule has 0 spiro atoms. The lowest BCUT2D eigenvalue weighted by molar-refractivity contribution is -0.140. The molecule has 1 N–H and O–H groups in total. The van der Waals surface area contributed by atoms with Crippen molar-refractivity contribution < 1.29 is 22.7 Å². The van der Waals surface area contributed by atoms with E-state index in [0.29, 0.717) is 12.2 Å². The van der Waals surface area contributed by atoms with E-state index in [1.165, 1.54) is 30.2 Å². The molecule has 4 aromatic carbocycles. The first-order valence-electron chi connectivity index (χ1n) is 15.2. The van der Waals surface area contributed by atoms with Gasteiger partial charge in [0.15, 0.2) is 0 Å². The molecule has 4 aromatic rings. The molecule has 4 rings (SSSR count). The predicted molar refractivity (Wildman–Crippen MR) is 190 cm³/mol. The Morgan fingerprint density at radius 3 is 2.19 bits per heavy atom. The minimum atomic E-state index is -4.26. The highest BCUT2D eigenvalue weighted by Crippen LogP contribution is 2.32. The third kappa shape index (κ3) is 9.37. The van der Waals surface area contributed by atoms with Crippen molar-refractivity contribution in [2.24, 2.45) is 0 Å². The van der Waals surface area contributed by atoms with Crippen LogP contribution in [0.1, 0.15) is 37.0 Å². The van der Waals surface area contributed by atoms with Gasteiger partial charge in [0.05, 0.1) is 22.7 Å². The molecule has 0 bridgehead atoms. The number of hydrogen-bond donors (Lipinski definition) is 1. The summed E-state index contributed by atoms with van der Waals surface area (Å²) >= 11 is 9.91. The van der Waals surface area contributed by atoms with E-state index in [9.17, 15) is 18.0 Å².